The van der Waals surface area contributed by atoms with Crippen molar-refractivity contribution in [3.8, 4) is 22.7 Å². The number of anilines is 2. The van der Waals surface area contributed by atoms with Gasteiger partial charge in [-0.05, 0) is 73.5 Å². The zero-order chi connectivity index (χ0) is 31.1. The van der Waals surface area contributed by atoms with E-state index in [2.05, 4.69) is 10.6 Å². The van der Waals surface area contributed by atoms with E-state index in [1.54, 1.807) is 13.2 Å². The monoisotopic (exact) mass is 616 g/mol. The molecule has 0 radical (unpaired) electrons. The van der Waals surface area contributed by atoms with E-state index in [1.807, 2.05) is 109 Å². The molecule has 0 saturated heterocycles. The number of rotatable bonds is 8. The van der Waals surface area contributed by atoms with Gasteiger partial charge < -0.3 is 19.8 Å². The van der Waals surface area contributed by atoms with E-state index in [-0.39, 0.29) is 23.5 Å². The van der Waals surface area contributed by atoms with Crippen molar-refractivity contribution in [1.29, 1.82) is 0 Å². The Bertz CT molecular complexity index is 2070. The van der Waals surface area contributed by atoms with Crippen LogP contribution in [-0.2, 0) is 4.79 Å². The smallest absolute Gasteiger partial charge is 0.293 e. The molecule has 2 aromatic heterocycles. The standard InChI is InChI=1S/C36H29ClN4O4/c1-21-9-8-10-23(17-21)38-36(43)34-33(25-13-6-7-14-30(25)45-34)39-35(42)27-19-26(27)28-20-41(24-11-4-3-5-12-24)40-32(28)22-15-16-31(44-2)29(37)18-22/h3-18,20,26-27H,19H2,1-2H3,(H,38,43)(H,39,42). The molecular weight excluding hydrogens is 588 g/mol. The Morgan fingerprint density at radius 1 is 0.956 bits per heavy atom. The Hall–Kier alpha value is -5.34. The van der Waals surface area contributed by atoms with E-state index in [4.69, 9.17) is 25.9 Å². The predicted octanol–water partition coefficient (Wildman–Crippen LogP) is 8.25. The number of furan rings is 1. The van der Waals surface area contributed by atoms with Gasteiger partial charge in [0.25, 0.3) is 5.91 Å². The van der Waals surface area contributed by atoms with Crippen LogP contribution in [0.4, 0.5) is 11.4 Å². The molecule has 8 nitrogen and oxygen atoms in total. The van der Waals surface area contributed by atoms with Crippen molar-refractivity contribution in [3.63, 3.8) is 0 Å². The molecule has 2 N–H and O–H groups in total. The van der Waals surface area contributed by atoms with Crippen molar-refractivity contribution >= 4 is 45.8 Å². The first-order valence-electron chi connectivity index (χ1n) is 14.6. The topological polar surface area (TPSA) is 98.4 Å². The summed E-state index contributed by atoms with van der Waals surface area (Å²) >= 11 is 6.49. The highest BCUT2D eigenvalue weighted by atomic mass is 35.5. The fourth-order valence-electron chi connectivity index (χ4n) is 5.69. The third-order valence-electron chi connectivity index (χ3n) is 8.04. The SMILES string of the molecule is COc1ccc(-c2nn(-c3ccccc3)cc2C2CC2C(=O)Nc2c(C(=O)Nc3cccc(C)c3)oc3ccccc23)cc1Cl. The molecule has 1 fully saturated rings. The van der Waals surface area contributed by atoms with Gasteiger partial charge >= 0.3 is 0 Å². The zero-order valence-electron chi connectivity index (χ0n) is 24.6. The molecule has 6 aromatic rings. The number of carbonyl (C=O) groups is 2. The maximum Gasteiger partial charge on any atom is 0.293 e. The summed E-state index contributed by atoms with van der Waals surface area (Å²) in [6.07, 6.45) is 2.61. The van der Waals surface area contributed by atoms with Gasteiger partial charge in [-0.2, -0.15) is 5.10 Å². The minimum Gasteiger partial charge on any atom is -0.495 e. The van der Waals surface area contributed by atoms with Crippen LogP contribution < -0.4 is 15.4 Å². The second kappa shape index (κ2) is 11.6. The molecule has 2 atom stereocenters. The highest BCUT2D eigenvalue weighted by molar-refractivity contribution is 6.32. The molecule has 7 rings (SSSR count). The first kappa shape index (κ1) is 28.4. The van der Waals surface area contributed by atoms with Crippen LogP contribution in [0.2, 0.25) is 5.02 Å². The zero-order valence-corrected chi connectivity index (χ0v) is 25.3. The third kappa shape index (κ3) is 5.56. The number of carbonyl (C=O) groups excluding carboxylic acids is 2. The van der Waals surface area contributed by atoms with E-state index in [1.165, 1.54) is 0 Å². The molecule has 9 heteroatoms. The first-order valence-corrected chi connectivity index (χ1v) is 15.0. The molecule has 0 bridgehead atoms. The summed E-state index contributed by atoms with van der Waals surface area (Å²) in [7, 11) is 1.57. The number of nitrogens with one attached hydrogen (secondary N) is 2. The highest BCUT2D eigenvalue weighted by Gasteiger charge is 2.46. The summed E-state index contributed by atoms with van der Waals surface area (Å²) in [5.41, 5.74) is 5.93. The number of nitrogens with zero attached hydrogens (tertiary/aromatic N) is 2. The van der Waals surface area contributed by atoms with Crippen molar-refractivity contribution < 1.29 is 18.7 Å². The van der Waals surface area contributed by atoms with Gasteiger partial charge in [-0.1, -0.05) is 54.1 Å². The van der Waals surface area contributed by atoms with Crippen LogP contribution in [-0.4, -0.2) is 28.7 Å². The van der Waals surface area contributed by atoms with Crippen LogP contribution in [0.5, 0.6) is 5.75 Å². The number of aromatic nitrogens is 2. The van der Waals surface area contributed by atoms with Crippen LogP contribution in [0, 0.1) is 12.8 Å². The minimum absolute atomic E-state index is 0.0497. The Kier molecular flexibility index (Phi) is 7.35. The van der Waals surface area contributed by atoms with Crippen molar-refractivity contribution in [2.24, 2.45) is 5.92 Å². The van der Waals surface area contributed by atoms with E-state index in [0.717, 1.165) is 28.1 Å². The molecular formula is C36H29ClN4O4. The van der Waals surface area contributed by atoms with Gasteiger partial charge in [0.2, 0.25) is 11.7 Å². The molecule has 2 heterocycles. The lowest BCUT2D eigenvalue weighted by molar-refractivity contribution is -0.117. The lowest BCUT2D eigenvalue weighted by Crippen LogP contribution is -2.18. The average Bonchev–Trinajstić information content (AvgIpc) is 3.59. The molecule has 1 aliphatic carbocycles. The van der Waals surface area contributed by atoms with Gasteiger partial charge in [0.05, 0.1) is 23.5 Å². The molecule has 1 aliphatic rings. The molecule has 224 valence electrons. The van der Waals surface area contributed by atoms with Gasteiger partial charge in [-0.15, -0.1) is 0 Å². The van der Waals surface area contributed by atoms with Crippen molar-refractivity contribution in [2.45, 2.75) is 19.3 Å². The maximum absolute atomic E-state index is 13.8. The van der Waals surface area contributed by atoms with Gasteiger partial charge in [0.15, 0.2) is 0 Å². The Labute approximate surface area is 264 Å². The normalized spacial score (nSPS) is 15.5. The number of amides is 2. The Morgan fingerprint density at radius 3 is 2.53 bits per heavy atom. The number of fused-ring (bicyclic) bond motifs is 1. The fraction of sp³-hybridized carbons (Fsp3) is 0.139. The minimum atomic E-state index is -0.442. The third-order valence-corrected chi connectivity index (χ3v) is 8.34. The van der Waals surface area contributed by atoms with Crippen LogP contribution in [0.25, 0.3) is 27.9 Å². The summed E-state index contributed by atoms with van der Waals surface area (Å²) < 4.78 is 13.1. The van der Waals surface area contributed by atoms with Crippen molar-refractivity contribution in [3.05, 3.63) is 125 Å². The summed E-state index contributed by atoms with van der Waals surface area (Å²) in [4.78, 5) is 27.2. The van der Waals surface area contributed by atoms with Crippen LogP contribution in [0.3, 0.4) is 0 Å². The summed E-state index contributed by atoms with van der Waals surface area (Å²) in [6.45, 7) is 1.95. The van der Waals surface area contributed by atoms with Gasteiger partial charge in [0, 0.05) is 40.2 Å². The number of halogens is 1. The van der Waals surface area contributed by atoms with Gasteiger partial charge in [-0.3, -0.25) is 9.59 Å². The molecule has 2 unspecified atom stereocenters. The van der Waals surface area contributed by atoms with Crippen molar-refractivity contribution in [2.75, 3.05) is 17.7 Å². The number of ether oxygens (including phenoxy) is 1. The maximum atomic E-state index is 13.8. The molecule has 1 saturated carbocycles. The van der Waals surface area contributed by atoms with E-state index < -0.39 is 5.91 Å². The summed E-state index contributed by atoms with van der Waals surface area (Å²) in [5, 5.41) is 12.0. The number of methoxy groups -OCH3 is 1. The number of benzene rings is 4. The second-order valence-corrected chi connectivity index (χ2v) is 11.5. The highest BCUT2D eigenvalue weighted by Crippen LogP contribution is 2.51. The molecule has 0 spiro atoms. The van der Waals surface area contributed by atoms with Crippen molar-refractivity contribution in [1.82, 2.24) is 9.78 Å². The number of hydrogen-bond donors (Lipinski definition) is 2. The number of hydrogen-bond acceptors (Lipinski definition) is 5. The number of para-hydroxylation sites is 2. The fourth-order valence-corrected chi connectivity index (χ4v) is 5.95. The lowest BCUT2D eigenvalue weighted by Gasteiger charge is -2.08. The van der Waals surface area contributed by atoms with Crippen LogP contribution in [0.15, 0.2) is 108 Å². The predicted molar refractivity (Wildman–Crippen MR) is 175 cm³/mol. The Balaban J connectivity index is 1.19. The van der Waals surface area contributed by atoms with Crippen LogP contribution in [0.1, 0.15) is 34.0 Å². The van der Waals surface area contributed by atoms with E-state index >= 15 is 0 Å². The molecule has 4 aromatic carbocycles. The molecule has 0 aliphatic heterocycles. The Morgan fingerprint density at radius 2 is 1.76 bits per heavy atom. The molecule has 45 heavy (non-hydrogen) atoms. The van der Waals surface area contributed by atoms with E-state index in [9.17, 15) is 9.59 Å². The van der Waals surface area contributed by atoms with Gasteiger partial charge in [0.1, 0.15) is 17.0 Å². The largest absolute Gasteiger partial charge is 0.495 e. The summed E-state index contributed by atoms with van der Waals surface area (Å²) in [5.74, 6) is -0.422. The van der Waals surface area contributed by atoms with Crippen LogP contribution >= 0.6 is 11.6 Å². The quantitative estimate of drug-likeness (QED) is 0.179. The first-order chi connectivity index (χ1) is 21.9. The van der Waals surface area contributed by atoms with Gasteiger partial charge in [-0.25, -0.2) is 4.68 Å². The average molecular weight is 617 g/mol. The second-order valence-electron chi connectivity index (χ2n) is 11.1. The summed E-state index contributed by atoms with van der Waals surface area (Å²) in [6, 6.07) is 30.2. The number of aryl methyl sites for hydroxylation is 1. The van der Waals surface area contributed by atoms with E-state index in [0.29, 0.717) is 39.5 Å². The lowest BCUT2D eigenvalue weighted by atomic mass is 10.0. The molecule has 2 amide bonds.